The average Bonchev–Trinajstić information content (AvgIpc) is 3.62. The van der Waals surface area contributed by atoms with E-state index >= 15 is 0 Å². The standard InChI is InChI=1S/C49H32N4O/c1-4-12-33(13-5-1)35-22-25-41(26-23-35)53(40-18-8-3-9-19-40)42-27-29-44-43-28-24-39(31-45(43)54-46(44)32-42)49-51-47(36-15-6-2-7-16-36)50-48(52-49)38-21-20-34-14-10-11-17-37(34)30-38/h1-32H. The maximum absolute atomic E-state index is 6.63. The van der Waals surface area contributed by atoms with Gasteiger partial charge in [0, 0.05) is 50.6 Å². The number of fused-ring (bicyclic) bond motifs is 4. The molecule has 5 nitrogen and oxygen atoms in total. The third kappa shape index (κ3) is 5.84. The Kier molecular flexibility index (Phi) is 7.73. The molecule has 54 heavy (non-hydrogen) atoms. The Labute approximate surface area is 312 Å². The van der Waals surface area contributed by atoms with Gasteiger partial charge in [0.1, 0.15) is 11.2 Å². The van der Waals surface area contributed by atoms with Crippen molar-refractivity contribution < 1.29 is 4.42 Å². The summed E-state index contributed by atoms with van der Waals surface area (Å²) in [5.41, 5.74) is 9.79. The molecule has 0 amide bonds. The Morgan fingerprint density at radius 3 is 1.48 bits per heavy atom. The lowest BCUT2D eigenvalue weighted by Crippen LogP contribution is -2.09. The van der Waals surface area contributed by atoms with Crippen LogP contribution >= 0.6 is 0 Å². The third-order valence-electron chi connectivity index (χ3n) is 9.90. The fourth-order valence-corrected chi connectivity index (χ4v) is 7.18. The van der Waals surface area contributed by atoms with Crippen molar-refractivity contribution in [2.45, 2.75) is 0 Å². The second kappa shape index (κ2) is 13.3. The van der Waals surface area contributed by atoms with Crippen LogP contribution in [0, 0.1) is 0 Å². The average molecular weight is 693 g/mol. The number of furan rings is 1. The molecular weight excluding hydrogens is 661 g/mol. The second-order valence-corrected chi connectivity index (χ2v) is 13.3. The van der Waals surface area contributed by atoms with Crippen LogP contribution in [0.2, 0.25) is 0 Å². The van der Waals surface area contributed by atoms with Crippen LogP contribution in [-0.4, -0.2) is 15.0 Å². The van der Waals surface area contributed by atoms with Gasteiger partial charge >= 0.3 is 0 Å². The monoisotopic (exact) mass is 692 g/mol. The molecular formula is C49H32N4O. The number of nitrogens with zero attached hydrogens (tertiary/aromatic N) is 4. The molecule has 10 aromatic rings. The summed E-state index contributed by atoms with van der Waals surface area (Å²) in [6.45, 7) is 0. The zero-order chi connectivity index (χ0) is 35.8. The second-order valence-electron chi connectivity index (χ2n) is 13.3. The van der Waals surface area contributed by atoms with Crippen LogP contribution in [0.15, 0.2) is 199 Å². The zero-order valence-corrected chi connectivity index (χ0v) is 29.2. The van der Waals surface area contributed by atoms with Crippen LogP contribution in [0.5, 0.6) is 0 Å². The Hall–Kier alpha value is -7.37. The minimum absolute atomic E-state index is 0.587. The fraction of sp³-hybridized carbons (Fsp3) is 0. The van der Waals surface area contributed by atoms with Gasteiger partial charge in [0.2, 0.25) is 0 Å². The molecule has 2 heterocycles. The molecule has 0 fully saturated rings. The zero-order valence-electron chi connectivity index (χ0n) is 29.2. The summed E-state index contributed by atoms with van der Waals surface area (Å²) >= 11 is 0. The van der Waals surface area contributed by atoms with E-state index in [0.717, 1.165) is 61.1 Å². The summed E-state index contributed by atoms with van der Waals surface area (Å²) in [6, 6.07) is 67.0. The molecule has 0 bridgehead atoms. The van der Waals surface area contributed by atoms with E-state index in [-0.39, 0.29) is 0 Å². The molecule has 0 aliphatic heterocycles. The van der Waals surface area contributed by atoms with Crippen molar-refractivity contribution in [3.05, 3.63) is 194 Å². The van der Waals surface area contributed by atoms with Gasteiger partial charge in [-0.2, -0.15) is 0 Å². The highest BCUT2D eigenvalue weighted by Gasteiger charge is 2.18. The molecule has 0 saturated heterocycles. The van der Waals surface area contributed by atoms with Crippen LogP contribution in [0.3, 0.4) is 0 Å². The van der Waals surface area contributed by atoms with Crippen molar-refractivity contribution in [3.8, 4) is 45.3 Å². The lowest BCUT2D eigenvalue weighted by atomic mass is 10.0. The van der Waals surface area contributed by atoms with Gasteiger partial charge in [0.15, 0.2) is 17.5 Å². The predicted octanol–water partition coefficient (Wildman–Crippen LogP) is 13.1. The minimum Gasteiger partial charge on any atom is -0.456 e. The lowest BCUT2D eigenvalue weighted by molar-refractivity contribution is 0.669. The van der Waals surface area contributed by atoms with E-state index < -0.39 is 0 Å². The highest BCUT2D eigenvalue weighted by Crippen LogP contribution is 2.40. The molecule has 0 aliphatic carbocycles. The van der Waals surface area contributed by atoms with E-state index in [9.17, 15) is 0 Å². The highest BCUT2D eigenvalue weighted by molar-refractivity contribution is 6.07. The molecule has 0 spiro atoms. The van der Waals surface area contributed by atoms with Crippen LogP contribution < -0.4 is 4.90 Å². The van der Waals surface area contributed by atoms with Crippen molar-refractivity contribution in [1.29, 1.82) is 0 Å². The van der Waals surface area contributed by atoms with Crippen molar-refractivity contribution in [1.82, 2.24) is 15.0 Å². The normalized spacial score (nSPS) is 11.3. The van der Waals surface area contributed by atoms with Crippen molar-refractivity contribution in [2.75, 3.05) is 4.90 Å². The number of hydrogen-bond acceptors (Lipinski definition) is 5. The summed E-state index contributed by atoms with van der Waals surface area (Å²) in [5, 5.41) is 4.39. The van der Waals surface area contributed by atoms with Crippen LogP contribution in [0.25, 0.3) is 78.0 Å². The van der Waals surface area contributed by atoms with Crippen molar-refractivity contribution >= 4 is 49.8 Å². The first-order valence-electron chi connectivity index (χ1n) is 18.0. The number of para-hydroxylation sites is 1. The molecule has 0 saturated carbocycles. The number of hydrogen-bond donors (Lipinski definition) is 0. The molecule has 0 N–H and O–H groups in total. The third-order valence-corrected chi connectivity index (χ3v) is 9.90. The highest BCUT2D eigenvalue weighted by atomic mass is 16.3. The molecule has 0 atom stereocenters. The van der Waals surface area contributed by atoms with E-state index in [1.54, 1.807) is 0 Å². The minimum atomic E-state index is 0.587. The first kappa shape index (κ1) is 31.4. The number of aromatic nitrogens is 3. The fourth-order valence-electron chi connectivity index (χ4n) is 7.18. The molecule has 10 rings (SSSR count). The maximum atomic E-state index is 6.63. The molecule has 2 aromatic heterocycles. The van der Waals surface area contributed by atoms with Crippen molar-refractivity contribution in [2.24, 2.45) is 0 Å². The lowest BCUT2D eigenvalue weighted by Gasteiger charge is -2.25. The first-order chi connectivity index (χ1) is 26.7. The molecule has 254 valence electrons. The number of benzene rings is 8. The first-order valence-corrected chi connectivity index (χ1v) is 18.0. The molecule has 5 heteroatoms. The SMILES string of the molecule is c1ccc(-c2ccc(N(c3ccccc3)c3ccc4c(c3)oc3cc(-c5nc(-c6ccccc6)nc(-c6ccc7ccccc7c6)n5)ccc34)cc2)cc1. The van der Waals surface area contributed by atoms with Gasteiger partial charge in [0.25, 0.3) is 0 Å². The van der Waals surface area contributed by atoms with E-state index in [4.69, 9.17) is 19.4 Å². The van der Waals surface area contributed by atoms with E-state index in [1.165, 1.54) is 16.5 Å². The quantitative estimate of drug-likeness (QED) is 0.166. The predicted molar refractivity (Wildman–Crippen MR) is 221 cm³/mol. The molecule has 8 aromatic carbocycles. The van der Waals surface area contributed by atoms with Gasteiger partial charge in [-0.1, -0.05) is 133 Å². The Balaban J connectivity index is 1.06. The van der Waals surface area contributed by atoms with Crippen LogP contribution in [0.4, 0.5) is 17.1 Å². The number of rotatable bonds is 7. The topological polar surface area (TPSA) is 55.1 Å². The Morgan fingerprint density at radius 2 is 0.778 bits per heavy atom. The summed E-state index contributed by atoms with van der Waals surface area (Å²) in [7, 11) is 0. The Morgan fingerprint density at radius 1 is 0.315 bits per heavy atom. The van der Waals surface area contributed by atoms with Gasteiger partial charge in [-0.15, -0.1) is 0 Å². The van der Waals surface area contributed by atoms with E-state index in [1.807, 2.05) is 54.6 Å². The molecule has 0 radical (unpaired) electrons. The van der Waals surface area contributed by atoms with Gasteiger partial charge in [-0.25, -0.2) is 15.0 Å². The summed E-state index contributed by atoms with van der Waals surface area (Å²) in [6.07, 6.45) is 0. The Bertz CT molecular complexity index is 2920. The van der Waals surface area contributed by atoms with Crippen LogP contribution in [-0.2, 0) is 0 Å². The summed E-state index contributed by atoms with van der Waals surface area (Å²) < 4.78 is 6.63. The summed E-state index contributed by atoms with van der Waals surface area (Å²) in [5.74, 6) is 1.83. The number of anilines is 3. The van der Waals surface area contributed by atoms with Gasteiger partial charge < -0.3 is 9.32 Å². The van der Waals surface area contributed by atoms with Gasteiger partial charge in [0.05, 0.1) is 0 Å². The maximum Gasteiger partial charge on any atom is 0.164 e. The van der Waals surface area contributed by atoms with Crippen LogP contribution in [0.1, 0.15) is 0 Å². The van der Waals surface area contributed by atoms with E-state index in [0.29, 0.717) is 17.5 Å². The van der Waals surface area contributed by atoms with Crippen molar-refractivity contribution in [3.63, 3.8) is 0 Å². The molecule has 0 aliphatic rings. The smallest absolute Gasteiger partial charge is 0.164 e. The molecule has 0 unspecified atom stereocenters. The summed E-state index contributed by atoms with van der Waals surface area (Å²) in [4.78, 5) is 17.2. The largest absolute Gasteiger partial charge is 0.456 e. The van der Waals surface area contributed by atoms with Gasteiger partial charge in [-0.3, -0.25) is 0 Å². The van der Waals surface area contributed by atoms with Gasteiger partial charge in [-0.05, 0) is 76.5 Å². The van der Waals surface area contributed by atoms with E-state index in [2.05, 4.69) is 144 Å².